The number of rotatable bonds is 2. The van der Waals surface area contributed by atoms with Crippen molar-refractivity contribution in [2.75, 3.05) is 7.11 Å². The summed E-state index contributed by atoms with van der Waals surface area (Å²) in [5.41, 5.74) is 0.264. The molecular formula is C10H13BrF3NO2. The molecule has 3 nitrogen and oxygen atoms in total. The maximum absolute atomic E-state index is 11.9. The van der Waals surface area contributed by atoms with Crippen LogP contribution in [0, 0.1) is 6.92 Å². The highest BCUT2D eigenvalue weighted by molar-refractivity contribution is 9.10. The summed E-state index contributed by atoms with van der Waals surface area (Å²) in [4.78, 5) is 3.56. The van der Waals surface area contributed by atoms with Gasteiger partial charge in [0.15, 0.2) is 0 Å². The van der Waals surface area contributed by atoms with Gasteiger partial charge in [-0.15, -0.1) is 13.2 Å². The zero-order valence-electron chi connectivity index (χ0n) is 9.85. The van der Waals surface area contributed by atoms with Crippen LogP contribution in [-0.2, 0) is 0 Å². The summed E-state index contributed by atoms with van der Waals surface area (Å²) in [7, 11) is 1.31. The fourth-order valence-electron chi connectivity index (χ4n) is 0.903. The predicted molar refractivity (Wildman–Crippen MR) is 61.3 cm³/mol. The number of nitrogens with zero attached hydrogens (tertiary/aromatic N) is 1. The largest absolute Gasteiger partial charge is 0.574 e. The maximum atomic E-state index is 11.9. The highest BCUT2D eigenvalue weighted by Gasteiger charge is 2.32. The molecule has 1 heterocycles. The smallest absolute Gasteiger partial charge is 0.480 e. The van der Waals surface area contributed by atoms with E-state index in [9.17, 15) is 13.2 Å². The van der Waals surface area contributed by atoms with Gasteiger partial charge in [-0.2, -0.15) is 4.98 Å². The third kappa shape index (κ3) is 5.25. The van der Waals surface area contributed by atoms with Crippen molar-refractivity contribution in [1.82, 2.24) is 4.98 Å². The van der Waals surface area contributed by atoms with Gasteiger partial charge in [0.1, 0.15) is 0 Å². The third-order valence-electron chi connectivity index (χ3n) is 1.49. The van der Waals surface area contributed by atoms with Crippen LogP contribution in [0.1, 0.15) is 19.4 Å². The zero-order chi connectivity index (χ0) is 13.6. The molecule has 0 bridgehead atoms. The Labute approximate surface area is 106 Å². The van der Waals surface area contributed by atoms with E-state index in [4.69, 9.17) is 4.74 Å². The fourth-order valence-corrected chi connectivity index (χ4v) is 1.50. The number of ether oxygens (including phenoxy) is 2. The topological polar surface area (TPSA) is 31.4 Å². The second-order valence-corrected chi connectivity index (χ2v) is 3.50. The minimum atomic E-state index is -4.75. The van der Waals surface area contributed by atoms with E-state index in [1.165, 1.54) is 20.1 Å². The van der Waals surface area contributed by atoms with Gasteiger partial charge in [-0.3, -0.25) is 0 Å². The molecule has 0 atom stereocenters. The van der Waals surface area contributed by atoms with Crippen molar-refractivity contribution in [1.29, 1.82) is 0 Å². The standard InChI is InChI=1S/C8H7BrF3NO2.C2H6/c1-4-3-5(9)7(14-2)13-6(4)15-8(10,11)12;1-2/h3H,1-2H3;1-2H3. The molecule has 1 aromatic heterocycles. The average molecular weight is 316 g/mol. The Hall–Kier alpha value is -0.980. The van der Waals surface area contributed by atoms with E-state index < -0.39 is 12.2 Å². The molecule has 0 aliphatic rings. The quantitative estimate of drug-likeness (QED) is 0.823. The van der Waals surface area contributed by atoms with Crippen molar-refractivity contribution < 1.29 is 22.6 Å². The van der Waals surface area contributed by atoms with Crippen LogP contribution in [0.5, 0.6) is 11.8 Å². The molecule has 0 unspecified atom stereocenters. The van der Waals surface area contributed by atoms with E-state index >= 15 is 0 Å². The Balaban J connectivity index is 0.00000121. The summed E-state index contributed by atoms with van der Waals surface area (Å²) in [5, 5.41) is 0. The Morgan fingerprint density at radius 3 is 2.18 bits per heavy atom. The van der Waals surface area contributed by atoms with Crippen LogP contribution in [0.25, 0.3) is 0 Å². The second kappa shape index (κ2) is 6.68. The molecule has 98 valence electrons. The van der Waals surface area contributed by atoms with Gasteiger partial charge in [0.25, 0.3) is 0 Å². The minimum Gasteiger partial charge on any atom is -0.480 e. The van der Waals surface area contributed by atoms with Gasteiger partial charge < -0.3 is 9.47 Å². The van der Waals surface area contributed by atoms with E-state index in [1.54, 1.807) is 0 Å². The van der Waals surface area contributed by atoms with E-state index in [2.05, 4.69) is 25.7 Å². The lowest BCUT2D eigenvalue weighted by Gasteiger charge is -2.11. The highest BCUT2D eigenvalue weighted by Crippen LogP contribution is 2.31. The Morgan fingerprint density at radius 1 is 1.24 bits per heavy atom. The molecule has 1 aromatic rings. The first-order chi connectivity index (χ1) is 7.83. The van der Waals surface area contributed by atoms with E-state index in [1.807, 2.05) is 13.8 Å². The molecule has 17 heavy (non-hydrogen) atoms. The third-order valence-corrected chi connectivity index (χ3v) is 2.06. The first-order valence-corrected chi connectivity index (χ1v) is 5.59. The summed E-state index contributed by atoms with van der Waals surface area (Å²) >= 11 is 3.10. The normalized spacial score (nSPS) is 10.4. The summed E-state index contributed by atoms with van der Waals surface area (Å²) in [6, 6.07) is 1.44. The first kappa shape index (κ1) is 16.0. The average Bonchev–Trinajstić information content (AvgIpc) is 2.23. The summed E-state index contributed by atoms with van der Waals surface area (Å²) in [6.07, 6.45) is -4.75. The number of pyridine rings is 1. The highest BCUT2D eigenvalue weighted by atomic mass is 79.9. The van der Waals surface area contributed by atoms with Crippen LogP contribution in [-0.4, -0.2) is 18.5 Å². The van der Waals surface area contributed by atoms with Crippen molar-refractivity contribution in [3.8, 4) is 11.8 Å². The number of aromatic nitrogens is 1. The fraction of sp³-hybridized carbons (Fsp3) is 0.500. The van der Waals surface area contributed by atoms with Crippen molar-refractivity contribution >= 4 is 15.9 Å². The SMILES string of the molecule is CC.COc1nc(OC(F)(F)F)c(C)cc1Br. The molecule has 0 N–H and O–H groups in total. The van der Waals surface area contributed by atoms with Gasteiger partial charge in [0.05, 0.1) is 11.6 Å². The lowest BCUT2D eigenvalue weighted by molar-refractivity contribution is -0.276. The van der Waals surface area contributed by atoms with Gasteiger partial charge in [-0.25, -0.2) is 0 Å². The molecule has 0 aromatic carbocycles. The van der Waals surface area contributed by atoms with E-state index in [0.29, 0.717) is 4.47 Å². The van der Waals surface area contributed by atoms with Crippen LogP contribution >= 0.6 is 15.9 Å². The van der Waals surface area contributed by atoms with E-state index in [-0.39, 0.29) is 11.4 Å². The van der Waals surface area contributed by atoms with Gasteiger partial charge >= 0.3 is 6.36 Å². The number of hydrogen-bond acceptors (Lipinski definition) is 3. The zero-order valence-corrected chi connectivity index (χ0v) is 11.4. The molecular weight excluding hydrogens is 303 g/mol. The molecule has 1 rings (SSSR count). The predicted octanol–water partition coefficient (Wildman–Crippen LogP) is 4.09. The number of aryl methyl sites for hydroxylation is 1. The van der Waals surface area contributed by atoms with Crippen LogP contribution in [0.2, 0.25) is 0 Å². The number of alkyl halides is 3. The molecule has 0 fully saturated rings. The van der Waals surface area contributed by atoms with Crippen LogP contribution in [0.4, 0.5) is 13.2 Å². The molecule has 0 spiro atoms. The Bertz CT molecular complexity index is 369. The number of halogens is 4. The molecule has 7 heteroatoms. The molecule has 0 amide bonds. The molecule has 0 radical (unpaired) electrons. The van der Waals surface area contributed by atoms with Gasteiger partial charge in [-0.05, 0) is 28.9 Å². The van der Waals surface area contributed by atoms with Crippen molar-refractivity contribution in [2.45, 2.75) is 27.1 Å². The number of hydrogen-bond donors (Lipinski definition) is 0. The van der Waals surface area contributed by atoms with Gasteiger partial charge in [0.2, 0.25) is 11.8 Å². The summed E-state index contributed by atoms with van der Waals surface area (Å²) in [6.45, 7) is 5.46. The van der Waals surface area contributed by atoms with E-state index in [0.717, 1.165) is 0 Å². The lowest BCUT2D eigenvalue weighted by Crippen LogP contribution is -2.18. The Kier molecular flexibility index (Phi) is 6.30. The van der Waals surface area contributed by atoms with Crippen molar-refractivity contribution in [3.05, 3.63) is 16.1 Å². The maximum Gasteiger partial charge on any atom is 0.574 e. The van der Waals surface area contributed by atoms with Crippen LogP contribution < -0.4 is 9.47 Å². The molecule has 0 aliphatic heterocycles. The second-order valence-electron chi connectivity index (χ2n) is 2.65. The van der Waals surface area contributed by atoms with Crippen LogP contribution in [0.15, 0.2) is 10.5 Å². The summed E-state index contributed by atoms with van der Waals surface area (Å²) in [5.74, 6) is -0.470. The minimum absolute atomic E-state index is 0.0415. The van der Waals surface area contributed by atoms with Gasteiger partial charge in [0, 0.05) is 5.56 Å². The Morgan fingerprint density at radius 2 is 1.76 bits per heavy atom. The monoisotopic (exact) mass is 315 g/mol. The van der Waals surface area contributed by atoms with Crippen LogP contribution in [0.3, 0.4) is 0 Å². The number of methoxy groups -OCH3 is 1. The van der Waals surface area contributed by atoms with Crippen molar-refractivity contribution in [2.24, 2.45) is 0 Å². The summed E-state index contributed by atoms with van der Waals surface area (Å²) < 4.78 is 44.8. The molecule has 0 saturated heterocycles. The van der Waals surface area contributed by atoms with Gasteiger partial charge in [-0.1, -0.05) is 13.8 Å². The molecule has 0 aliphatic carbocycles. The molecule has 0 saturated carbocycles. The lowest BCUT2D eigenvalue weighted by atomic mass is 10.3. The van der Waals surface area contributed by atoms with Crippen molar-refractivity contribution in [3.63, 3.8) is 0 Å². The first-order valence-electron chi connectivity index (χ1n) is 4.80.